The maximum Gasteiger partial charge on any atom is 0.240 e. The van der Waals surface area contributed by atoms with Crippen LogP contribution >= 0.6 is 0 Å². The number of rotatable bonds is 5. The molecule has 2 rings (SSSR count). The molecule has 0 spiro atoms. The summed E-state index contributed by atoms with van der Waals surface area (Å²) >= 11 is 0. The molecule has 1 aliphatic heterocycles. The zero-order chi connectivity index (χ0) is 14.0. The van der Waals surface area contributed by atoms with Crippen molar-refractivity contribution in [2.75, 3.05) is 23.9 Å². The number of sulfonamides is 1. The fourth-order valence-corrected chi connectivity index (χ4v) is 4.32. The predicted octanol–water partition coefficient (Wildman–Crippen LogP) is 0.700. The van der Waals surface area contributed by atoms with Gasteiger partial charge in [0.1, 0.15) is 0 Å². The summed E-state index contributed by atoms with van der Waals surface area (Å²) < 4.78 is 38.0. The highest BCUT2D eigenvalue weighted by atomic mass is 32.2. The molecular formula is C12H18N2O3S2. The van der Waals surface area contributed by atoms with Crippen molar-refractivity contribution in [3.05, 3.63) is 23.8 Å². The molecule has 5 nitrogen and oxygen atoms in total. The Hall–Kier alpha value is -0.920. The highest BCUT2D eigenvalue weighted by Crippen LogP contribution is 2.25. The van der Waals surface area contributed by atoms with Gasteiger partial charge < -0.3 is 5.32 Å². The van der Waals surface area contributed by atoms with E-state index < -0.39 is 20.8 Å². The molecule has 106 valence electrons. The maximum atomic E-state index is 12.2. The minimum absolute atomic E-state index is 0.245. The van der Waals surface area contributed by atoms with E-state index in [0.717, 1.165) is 24.2 Å². The molecule has 0 radical (unpaired) electrons. The fraction of sp³-hybridized carbons (Fsp3) is 0.500. The molecular weight excluding hydrogens is 284 g/mol. The minimum atomic E-state index is -3.55. The Morgan fingerprint density at radius 2 is 2.21 bits per heavy atom. The number of benzene rings is 1. The van der Waals surface area contributed by atoms with Crippen LogP contribution in [0, 0.1) is 0 Å². The third-order valence-corrected chi connectivity index (χ3v) is 5.50. The molecule has 2 N–H and O–H groups in total. The molecule has 0 saturated carbocycles. The quantitative estimate of drug-likeness (QED) is 0.839. The van der Waals surface area contributed by atoms with Crippen LogP contribution in [0.4, 0.5) is 5.69 Å². The van der Waals surface area contributed by atoms with Gasteiger partial charge in [0.15, 0.2) is 0 Å². The van der Waals surface area contributed by atoms with E-state index >= 15 is 0 Å². The van der Waals surface area contributed by atoms with Crippen LogP contribution in [-0.2, 0) is 27.2 Å². The minimum Gasteiger partial charge on any atom is -0.384 e. The summed E-state index contributed by atoms with van der Waals surface area (Å²) in [6.07, 6.45) is 2.48. The van der Waals surface area contributed by atoms with Crippen molar-refractivity contribution in [2.45, 2.75) is 24.3 Å². The van der Waals surface area contributed by atoms with E-state index in [0.29, 0.717) is 5.75 Å². The number of hydrogen-bond acceptors (Lipinski definition) is 4. The van der Waals surface area contributed by atoms with Gasteiger partial charge in [0, 0.05) is 41.1 Å². The van der Waals surface area contributed by atoms with Crippen molar-refractivity contribution in [3.8, 4) is 0 Å². The molecule has 0 aliphatic carbocycles. The monoisotopic (exact) mass is 302 g/mol. The van der Waals surface area contributed by atoms with E-state index in [9.17, 15) is 12.6 Å². The molecule has 1 aromatic rings. The molecule has 2 atom stereocenters. The SMILES string of the molecule is CC(CS(C)=O)NS(=O)(=O)c1ccc2c(c1)NCC2. The van der Waals surface area contributed by atoms with E-state index in [1.807, 2.05) is 6.07 Å². The van der Waals surface area contributed by atoms with Crippen LogP contribution in [0.15, 0.2) is 23.1 Å². The first-order chi connectivity index (χ1) is 8.88. The van der Waals surface area contributed by atoms with Crippen molar-refractivity contribution in [1.29, 1.82) is 0 Å². The molecule has 0 fully saturated rings. The second kappa shape index (κ2) is 5.60. The molecule has 0 aromatic heterocycles. The van der Waals surface area contributed by atoms with Crippen molar-refractivity contribution in [2.24, 2.45) is 0 Å². The van der Waals surface area contributed by atoms with Gasteiger partial charge in [-0.15, -0.1) is 0 Å². The van der Waals surface area contributed by atoms with Gasteiger partial charge in [-0.25, -0.2) is 13.1 Å². The largest absolute Gasteiger partial charge is 0.384 e. The second-order valence-corrected chi connectivity index (χ2v) is 7.95. The lowest BCUT2D eigenvalue weighted by Gasteiger charge is -2.13. The zero-order valence-corrected chi connectivity index (χ0v) is 12.6. The van der Waals surface area contributed by atoms with E-state index in [2.05, 4.69) is 10.0 Å². The molecule has 0 bridgehead atoms. The van der Waals surface area contributed by atoms with Crippen LogP contribution in [0.5, 0.6) is 0 Å². The third-order valence-electron chi connectivity index (χ3n) is 2.94. The molecule has 0 amide bonds. The van der Waals surface area contributed by atoms with Gasteiger partial charge in [0.2, 0.25) is 10.0 Å². The highest BCUT2D eigenvalue weighted by molar-refractivity contribution is 7.89. The summed E-state index contributed by atoms with van der Waals surface area (Å²) in [6.45, 7) is 2.56. The van der Waals surface area contributed by atoms with E-state index in [4.69, 9.17) is 0 Å². The van der Waals surface area contributed by atoms with Crippen molar-refractivity contribution < 1.29 is 12.6 Å². The average Bonchev–Trinajstić information content (AvgIpc) is 2.73. The smallest absolute Gasteiger partial charge is 0.240 e. The molecule has 2 unspecified atom stereocenters. The van der Waals surface area contributed by atoms with Gasteiger partial charge in [-0.05, 0) is 31.0 Å². The molecule has 1 heterocycles. The summed E-state index contributed by atoms with van der Waals surface area (Å²) in [6, 6.07) is 4.76. The lowest BCUT2D eigenvalue weighted by atomic mass is 10.2. The Balaban J connectivity index is 2.18. The fourth-order valence-electron chi connectivity index (χ4n) is 2.16. The predicted molar refractivity (Wildman–Crippen MR) is 77.4 cm³/mol. The Morgan fingerprint density at radius 1 is 1.47 bits per heavy atom. The molecule has 0 saturated heterocycles. The second-order valence-electron chi connectivity index (χ2n) is 4.76. The topological polar surface area (TPSA) is 75.3 Å². The molecule has 1 aliphatic rings. The number of anilines is 1. The van der Waals surface area contributed by atoms with Gasteiger partial charge in [0.05, 0.1) is 4.90 Å². The summed E-state index contributed by atoms with van der Waals surface area (Å²) in [4.78, 5) is 0.245. The number of hydrogen-bond donors (Lipinski definition) is 2. The van der Waals surface area contributed by atoms with Gasteiger partial charge in [-0.3, -0.25) is 4.21 Å². The van der Waals surface area contributed by atoms with E-state index in [-0.39, 0.29) is 10.9 Å². The van der Waals surface area contributed by atoms with Crippen LogP contribution in [0.3, 0.4) is 0 Å². The first-order valence-electron chi connectivity index (χ1n) is 6.07. The normalized spacial score (nSPS) is 17.6. The van der Waals surface area contributed by atoms with Crippen LogP contribution in [-0.4, -0.2) is 37.2 Å². The summed E-state index contributed by atoms with van der Waals surface area (Å²) in [7, 11) is -4.58. The third kappa shape index (κ3) is 3.55. The Morgan fingerprint density at radius 3 is 2.89 bits per heavy atom. The van der Waals surface area contributed by atoms with E-state index in [1.165, 1.54) is 0 Å². The van der Waals surface area contributed by atoms with Crippen LogP contribution in [0.25, 0.3) is 0 Å². The number of nitrogens with one attached hydrogen (secondary N) is 2. The average molecular weight is 302 g/mol. The van der Waals surface area contributed by atoms with E-state index in [1.54, 1.807) is 25.3 Å². The Kier molecular flexibility index (Phi) is 4.27. The summed E-state index contributed by atoms with van der Waals surface area (Å²) in [5, 5.41) is 3.16. The van der Waals surface area contributed by atoms with Crippen LogP contribution in [0.1, 0.15) is 12.5 Å². The Labute approximate surface area is 116 Å². The zero-order valence-electron chi connectivity index (χ0n) is 11.0. The lowest BCUT2D eigenvalue weighted by Crippen LogP contribution is -2.36. The number of fused-ring (bicyclic) bond motifs is 1. The van der Waals surface area contributed by atoms with Gasteiger partial charge in [0.25, 0.3) is 0 Å². The van der Waals surface area contributed by atoms with Crippen molar-refractivity contribution in [3.63, 3.8) is 0 Å². The Bertz CT molecular complexity index is 599. The van der Waals surface area contributed by atoms with Crippen LogP contribution < -0.4 is 10.0 Å². The first kappa shape index (κ1) is 14.5. The summed E-state index contributed by atoms with van der Waals surface area (Å²) in [5.74, 6) is 0.308. The summed E-state index contributed by atoms with van der Waals surface area (Å²) in [5.41, 5.74) is 2.02. The maximum absolute atomic E-state index is 12.2. The molecule has 1 aromatic carbocycles. The highest BCUT2D eigenvalue weighted by Gasteiger charge is 2.20. The van der Waals surface area contributed by atoms with Crippen LogP contribution in [0.2, 0.25) is 0 Å². The van der Waals surface area contributed by atoms with Gasteiger partial charge in [-0.1, -0.05) is 6.07 Å². The standard InChI is InChI=1S/C12H18N2O3S2/c1-9(8-18(2)15)14-19(16,17)11-4-3-10-5-6-13-12(10)7-11/h3-4,7,9,13-14H,5-6,8H2,1-2H3. The van der Waals surface area contributed by atoms with Gasteiger partial charge >= 0.3 is 0 Å². The first-order valence-corrected chi connectivity index (χ1v) is 9.28. The lowest BCUT2D eigenvalue weighted by molar-refractivity contribution is 0.570. The van der Waals surface area contributed by atoms with Crippen molar-refractivity contribution >= 4 is 26.5 Å². The molecule has 7 heteroatoms. The van der Waals surface area contributed by atoms with Crippen molar-refractivity contribution in [1.82, 2.24) is 4.72 Å². The molecule has 19 heavy (non-hydrogen) atoms. The van der Waals surface area contributed by atoms with Gasteiger partial charge in [-0.2, -0.15) is 0 Å².